The summed E-state index contributed by atoms with van der Waals surface area (Å²) in [5.41, 5.74) is 0.964. The fraction of sp³-hybridized carbons (Fsp3) is 0.650. The number of carbonyl (C=O) groups is 1. The van der Waals surface area contributed by atoms with E-state index in [9.17, 15) is 4.79 Å². The molecule has 2 aromatic rings. The Bertz CT molecular complexity index is 715. The number of nitrogens with one attached hydrogen (secondary N) is 1. The molecule has 1 amide bonds. The first-order chi connectivity index (χ1) is 13.3. The van der Waals surface area contributed by atoms with Gasteiger partial charge in [0.05, 0.1) is 0 Å². The highest BCUT2D eigenvalue weighted by Gasteiger charge is 2.26. The van der Waals surface area contributed by atoms with Crippen molar-refractivity contribution in [1.82, 2.24) is 20.2 Å². The number of hydrogen-bond acceptors (Lipinski definition) is 6. The van der Waals surface area contributed by atoms with Gasteiger partial charge in [0.25, 0.3) is 0 Å². The summed E-state index contributed by atoms with van der Waals surface area (Å²) in [6.45, 7) is 5.93. The highest BCUT2D eigenvalue weighted by molar-refractivity contribution is 7.21. The minimum Gasteiger partial charge on any atom is -0.355 e. The number of pyridine rings is 1. The van der Waals surface area contributed by atoms with E-state index in [-0.39, 0.29) is 11.8 Å². The van der Waals surface area contributed by atoms with Crippen LogP contribution in [0.25, 0.3) is 10.3 Å². The third kappa shape index (κ3) is 4.76. The summed E-state index contributed by atoms with van der Waals surface area (Å²) in [5.74, 6) is 0.369. The van der Waals surface area contributed by atoms with Crippen molar-refractivity contribution in [2.45, 2.75) is 38.5 Å². The first kappa shape index (κ1) is 18.6. The Morgan fingerprint density at radius 2 is 1.93 bits per heavy atom. The number of thiazole rings is 1. The Morgan fingerprint density at radius 3 is 2.67 bits per heavy atom. The number of hydrogen-bond donors (Lipinski definition) is 1. The number of nitrogens with zero attached hydrogens (tertiary/aromatic N) is 4. The summed E-state index contributed by atoms with van der Waals surface area (Å²) in [6.07, 6.45) is 8.92. The van der Waals surface area contributed by atoms with Crippen molar-refractivity contribution in [2.75, 3.05) is 44.2 Å². The normalized spacial score (nSPS) is 19.9. The minimum absolute atomic E-state index is 0.137. The van der Waals surface area contributed by atoms with Crippen molar-refractivity contribution < 1.29 is 4.79 Å². The Hall–Kier alpha value is -1.73. The van der Waals surface area contributed by atoms with Gasteiger partial charge in [-0.05, 0) is 50.9 Å². The Kier molecular flexibility index (Phi) is 6.19. The summed E-state index contributed by atoms with van der Waals surface area (Å²) >= 11 is 1.64. The maximum atomic E-state index is 12.5. The van der Waals surface area contributed by atoms with Gasteiger partial charge in [0, 0.05) is 38.3 Å². The van der Waals surface area contributed by atoms with E-state index in [0.717, 1.165) is 54.5 Å². The quantitative estimate of drug-likeness (QED) is 0.855. The van der Waals surface area contributed by atoms with Gasteiger partial charge < -0.3 is 15.1 Å². The van der Waals surface area contributed by atoms with Crippen LogP contribution in [0.5, 0.6) is 0 Å². The van der Waals surface area contributed by atoms with Crippen LogP contribution in [-0.2, 0) is 4.79 Å². The maximum absolute atomic E-state index is 12.5. The van der Waals surface area contributed by atoms with Gasteiger partial charge in [0.15, 0.2) is 5.13 Å². The average Bonchev–Trinajstić information content (AvgIpc) is 2.97. The van der Waals surface area contributed by atoms with E-state index in [1.807, 2.05) is 18.3 Å². The lowest BCUT2D eigenvalue weighted by atomic mass is 9.96. The average molecular weight is 388 g/mol. The molecule has 2 saturated heterocycles. The summed E-state index contributed by atoms with van der Waals surface area (Å²) < 4.78 is 0. The lowest BCUT2D eigenvalue weighted by Crippen LogP contribution is -2.42. The SMILES string of the molecule is O=C(NCCN1CCCCCC1)C1CCN(c2nc3cccnc3s2)CC1. The van der Waals surface area contributed by atoms with Crippen LogP contribution in [0.15, 0.2) is 18.3 Å². The zero-order valence-corrected chi connectivity index (χ0v) is 16.7. The Morgan fingerprint density at radius 1 is 1.15 bits per heavy atom. The van der Waals surface area contributed by atoms with Crippen LogP contribution in [0.1, 0.15) is 38.5 Å². The zero-order valence-electron chi connectivity index (χ0n) is 15.9. The second kappa shape index (κ2) is 8.97. The topological polar surface area (TPSA) is 61.4 Å². The van der Waals surface area contributed by atoms with E-state index < -0.39 is 0 Å². The van der Waals surface area contributed by atoms with Crippen molar-refractivity contribution >= 4 is 32.7 Å². The van der Waals surface area contributed by atoms with Gasteiger partial charge in [-0.25, -0.2) is 9.97 Å². The van der Waals surface area contributed by atoms with E-state index in [2.05, 4.69) is 20.1 Å². The Balaban J connectivity index is 1.22. The fourth-order valence-electron chi connectivity index (χ4n) is 4.07. The van der Waals surface area contributed by atoms with Crippen LogP contribution in [0.3, 0.4) is 0 Å². The van der Waals surface area contributed by atoms with Crippen LogP contribution >= 0.6 is 11.3 Å². The molecule has 0 saturated carbocycles. The van der Waals surface area contributed by atoms with Crippen molar-refractivity contribution in [3.05, 3.63) is 18.3 Å². The molecule has 7 heteroatoms. The van der Waals surface area contributed by atoms with Crippen LogP contribution in [0, 0.1) is 5.92 Å². The van der Waals surface area contributed by atoms with Crippen molar-refractivity contribution in [1.29, 1.82) is 0 Å². The number of likely N-dealkylation sites (tertiary alicyclic amines) is 1. The molecule has 27 heavy (non-hydrogen) atoms. The molecule has 2 aliphatic heterocycles. The van der Waals surface area contributed by atoms with Crippen LogP contribution in [-0.4, -0.2) is 60.0 Å². The lowest BCUT2D eigenvalue weighted by molar-refractivity contribution is -0.125. The van der Waals surface area contributed by atoms with Gasteiger partial charge in [0.2, 0.25) is 5.91 Å². The summed E-state index contributed by atoms with van der Waals surface area (Å²) in [7, 11) is 0. The van der Waals surface area contributed by atoms with Gasteiger partial charge in [-0.15, -0.1) is 0 Å². The number of aromatic nitrogens is 2. The number of fused-ring (bicyclic) bond motifs is 1. The fourth-order valence-corrected chi connectivity index (χ4v) is 5.03. The standard InChI is InChI=1S/C20H29N5OS/c26-18(21-10-15-24-11-3-1-2-4-12-24)16-7-13-25(14-8-16)20-23-17-6-5-9-22-19(17)27-20/h5-6,9,16H,1-4,7-8,10-15H2,(H,21,26). The molecular weight excluding hydrogens is 358 g/mol. The van der Waals surface area contributed by atoms with E-state index in [4.69, 9.17) is 4.98 Å². The highest BCUT2D eigenvalue weighted by Crippen LogP contribution is 2.30. The number of rotatable bonds is 5. The van der Waals surface area contributed by atoms with Crippen molar-refractivity contribution in [2.24, 2.45) is 5.92 Å². The van der Waals surface area contributed by atoms with Gasteiger partial charge in [-0.2, -0.15) is 0 Å². The number of piperidine rings is 1. The molecule has 0 aromatic carbocycles. The summed E-state index contributed by atoms with van der Waals surface area (Å²) in [4.78, 5) is 27.4. The van der Waals surface area contributed by atoms with Gasteiger partial charge >= 0.3 is 0 Å². The maximum Gasteiger partial charge on any atom is 0.223 e. The molecular formula is C20H29N5OS. The van der Waals surface area contributed by atoms with E-state index in [1.165, 1.54) is 38.8 Å². The minimum atomic E-state index is 0.137. The van der Waals surface area contributed by atoms with E-state index in [1.54, 1.807) is 11.3 Å². The van der Waals surface area contributed by atoms with Crippen molar-refractivity contribution in [3.8, 4) is 0 Å². The number of amides is 1. The van der Waals surface area contributed by atoms with Gasteiger partial charge in [-0.1, -0.05) is 24.2 Å². The molecule has 1 N–H and O–H groups in total. The predicted octanol–water partition coefficient (Wildman–Crippen LogP) is 2.90. The van der Waals surface area contributed by atoms with Gasteiger partial charge in [-0.3, -0.25) is 4.79 Å². The summed E-state index contributed by atoms with van der Waals surface area (Å²) in [6, 6.07) is 3.93. The predicted molar refractivity (Wildman–Crippen MR) is 110 cm³/mol. The first-order valence-corrected chi connectivity index (χ1v) is 11.1. The third-order valence-electron chi connectivity index (χ3n) is 5.72. The summed E-state index contributed by atoms with van der Waals surface area (Å²) in [5, 5.41) is 4.21. The smallest absolute Gasteiger partial charge is 0.223 e. The molecule has 2 aromatic heterocycles. The number of anilines is 1. The van der Waals surface area contributed by atoms with E-state index >= 15 is 0 Å². The van der Waals surface area contributed by atoms with Gasteiger partial charge in [0.1, 0.15) is 10.3 Å². The molecule has 0 atom stereocenters. The van der Waals surface area contributed by atoms with Crippen molar-refractivity contribution in [3.63, 3.8) is 0 Å². The third-order valence-corrected chi connectivity index (χ3v) is 6.76. The molecule has 6 nitrogen and oxygen atoms in total. The number of carbonyl (C=O) groups excluding carboxylic acids is 1. The zero-order chi connectivity index (χ0) is 18.5. The molecule has 0 unspecified atom stereocenters. The monoisotopic (exact) mass is 387 g/mol. The highest BCUT2D eigenvalue weighted by atomic mass is 32.1. The molecule has 4 rings (SSSR count). The molecule has 0 radical (unpaired) electrons. The van der Waals surface area contributed by atoms with Crippen LogP contribution in [0.4, 0.5) is 5.13 Å². The second-order valence-electron chi connectivity index (χ2n) is 7.63. The van der Waals surface area contributed by atoms with E-state index in [0.29, 0.717) is 0 Å². The molecule has 146 valence electrons. The largest absolute Gasteiger partial charge is 0.355 e. The van der Waals surface area contributed by atoms with Crippen LogP contribution in [0.2, 0.25) is 0 Å². The molecule has 0 spiro atoms. The molecule has 4 heterocycles. The Labute approximate surface area is 165 Å². The lowest BCUT2D eigenvalue weighted by Gasteiger charge is -2.31. The molecule has 0 aliphatic carbocycles. The second-order valence-corrected chi connectivity index (χ2v) is 8.59. The van der Waals surface area contributed by atoms with Crippen LogP contribution < -0.4 is 10.2 Å². The molecule has 2 aliphatic rings. The first-order valence-electron chi connectivity index (χ1n) is 10.3. The molecule has 0 bridgehead atoms. The molecule has 2 fully saturated rings.